The zero-order valence-electron chi connectivity index (χ0n) is 9.35. The number of hydrogen-bond acceptors (Lipinski definition) is 4. The molecule has 2 aromatic rings. The molecule has 0 atom stereocenters. The quantitative estimate of drug-likeness (QED) is 0.849. The van der Waals surface area contributed by atoms with Gasteiger partial charge in [-0.1, -0.05) is 0 Å². The van der Waals surface area contributed by atoms with Crippen LogP contribution in [-0.2, 0) is 6.18 Å². The largest absolute Gasteiger partial charge is 0.433 e. The van der Waals surface area contributed by atoms with Gasteiger partial charge in [0.1, 0.15) is 11.5 Å². The Hall–Kier alpha value is -2.58. The van der Waals surface area contributed by atoms with E-state index in [1.54, 1.807) is 0 Å². The Labute approximate surface area is 104 Å². The summed E-state index contributed by atoms with van der Waals surface area (Å²) in [7, 11) is 0. The molecular weight excluding hydrogens is 263 g/mol. The second-order valence-electron chi connectivity index (χ2n) is 3.61. The first-order valence-corrected chi connectivity index (χ1v) is 4.98. The fraction of sp³-hybridized carbons (Fsp3) is 0.100. The van der Waals surface area contributed by atoms with Gasteiger partial charge in [-0.2, -0.15) is 13.2 Å². The molecule has 0 saturated heterocycles. The lowest BCUT2D eigenvalue weighted by molar-refractivity contribution is -0.141. The van der Waals surface area contributed by atoms with Gasteiger partial charge in [-0.3, -0.25) is 4.79 Å². The number of carbonyl (C=O) groups excluding carboxylic acids is 1. The van der Waals surface area contributed by atoms with E-state index in [0.29, 0.717) is 6.07 Å². The number of halogens is 3. The van der Waals surface area contributed by atoms with Crippen molar-refractivity contribution in [3.63, 3.8) is 0 Å². The van der Waals surface area contributed by atoms with Gasteiger partial charge in [0.15, 0.2) is 5.82 Å². The van der Waals surface area contributed by atoms with Gasteiger partial charge in [0.05, 0.1) is 5.56 Å². The molecule has 0 aliphatic heterocycles. The number of nitrogens with zero attached hydrogens (tertiary/aromatic N) is 3. The molecule has 4 N–H and O–H groups in total. The van der Waals surface area contributed by atoms with E-state index in [0.717, 1.165) is 10.7 Å². The van der Waals surface area contributed by atoms with Crippen molar-refractivity contribution in [3.05, 3.63) is 35.7 Å². The summed E-state index contributed by atoms with van der Waals surface area (Å²) in [6.45, 7) is 0. The number of rotatable bonds is 2. The van der Waals surface area contributed by atoms with Gasteiger partial charge in [0.2, 0.25) is 0 Å². The van der Waals surface area contributed by atoms with Gasteiger partial charge in [-0.05, 0) is 12.1 Å². The van der Waals surface area contributed by atoms with Gasteiger partial charge < -0.3 is 11.5 Å². The lowest BCUT2D eigenvalue weighted by Crippen LogP contribution is -2.19. The predicted octanol–water partition coefficient (Wildman–Crippen LogP) is 0.967. The maximum absolute atomic E-state index is 12.6. The summed E-state index contributed by atoms with van der Waals surface area (Å²) in [6, 6.07) is 2.98. The number of nitrogens with two attached hydrogens (primary N) is 2. The molecular formula is C10H8F3N5O. The molecule has 2 rings (SSSR count). The summed E-state index contributed by atoms with van der Waals surface area (Å²) in [4.78, 5) is 14.6. The summed E-state index contributed by atoms with van der Waals surface area (Å²) >= 11 is 0. The minimum absolute atomic E-state index is 0.0784. The summed E-state index contributed by atoms with van der Waals surface area (Å²) in [6.07, 6.45) is -3.35. The van der Waals surface area contributed by atoms with Crippen LogP contribution in [0.1, 0.15) is 16.1 Å². The average Bonchev–Trinajstić information content (AvgIpc) is 2.73. The van der Waals surface area contributed by atoms with Crippen molar-refractivity contribution < 1.29 is 18.0 Å². The van der Waals surface area contributed by atoms with Gasteiger partial charge in [-0.15, -0.1) is 5.10 Å². The van der Waals surface area contributed by atoms with Crippen LogP contribution in [0.15, 0.2) is 24.4 Å². The van der Waals surface area contributed by atoms with Crippen LogP contribution in [0.5, 0.6) is 0 Å². The molecule has 0 saturated carbocycles. The second kappa shape index (κ2) is 4.26. The van der Waals surface area contributed by atoms with E-state index in [-0.39, 0.29) is 17.2 Å². The van der Waals surface area contributed by atoms with Crippen molar-refractivity contribution >= 4 is 11.7 Å². The van der Waals surface area contributed by atoms with Crippen molar-refractivity contribution in [2.75, 3.05) is 5.73 Å². The fourth-order valence-corrected chi connectivity index (χ4v) is 1.43. The van der Waals surface area contributed by atoms with Crippen LogP contribution in [0.2, 0.25) is 0 Å². The lowest BCUT2D eigenvalue weighted by atomic mass is 10.2. The topological polar surface area (TPSA) is 99.8 Å². The summed E-state index contributed by atoms with van der Waals surface area (Å²) in [5, 5.41) is 3.70. The molecule has 19 heavy (non-hydrogen) atoms. The average molecular weight is 271 g/mol. The first-order valence-electron chi connectivity index (χ1n) is 4.98. The zero-order valence-corrected chi connectivity index (χ0v) is 9.35. The molecule has 2 heterocycles. The highest BCUT2D eigenvalue weighted by molar-refractivity contribution is 5.95. The molecule has 0 radical (unpaired) electrons. The monoisotopic (exact) mass is 271 g/mol. The third-order valence-corrected chi connectivity index (χ3v) is 2.26. The van der Waals surface area contributed by atoms with Gasteiger partial charge in [-0.25, -0.2) is 9.67 Å². The molecule has 1 amide bonds. The number of amides is 1. The Kier molecular flexibility index (Phi) is 2.89. The maximum Gasteiger partial charge on any atom is 0.433 e. The van der Waals surface area contributed by atoms with Crippen LogP contribution in [0, 0.1) is 0 Å². The first kappa shape index (κ1) is 12.9. The van der Waals surface area contributed by atoms with Crippen LogP contribution in [0.25, 0.3) is 5.82 Å². The van der Waals surface area contributed by atoms with Crippen LogP contribution in [0.4, 0.5) is 19.0 Å². The highest BCUT2D eigenvalue weighted by atomic mass is 19.4. The van der Waals surface area contributed by atoms with Crippen LogP contribution in [-0.4, -0.2) is 20.7 Å². The van der Waals surface area contributed by atoms with Gasteiger partial charge in [0.25, 0.3) is 5.91 Å². The van der Waals surface area contributed by atoms with Gasteiger partial charge in [0, 0.05) is 12.3 Å². The predicted molar refractivity (Wildman–Crippen MR) is 59.3 cm³/mol. The second-order valence-corrected chi connectivity index (χ2v) is 3.61. The standard InChI is InChI=1S/C10H8F3N5O/c11-10(12,13)6-2-1-5(8(15)19)9(16-6)18-4-3-7(14)17-18/h1-4H,(H2,14,17)(H2,15,19). The fourth-order valence-electron chi connectivity index (χ4n) is 1.43. The molecule has 0 bridgehead atoms. The Morgan fingerprint density at radius 3 is 2.42 bits per heavy atom. The zero-order chi connectivity index (χ0) is 14.2. The third kappa shape index (κ3) is 2.49. The molecule has 0 unspecified atom stereocenters. The third-order valence-electron chi connectivity index (χ3n) is 2.26. The van der Waals surface area contributed by atoms with Crippen molar-refractivity contribution in [1.29, 1.82) is 0 Å². The van der Waals surface area contributed by atoms with E-state index in [9.17, 15) is 18.0 Å². The minimum atomic E-state index is -4.64. The Balaban J connectivity index is 2.64. The SMILES string of the molecule is NC(=O)c1ccc(C(F)(F)F)nc1-n1ccc(N)n1. The highest BCUT2D eigenvalue weighted by Gasteiger charge is 2.33. The Morgan fingerprint density at radius 1 is 1.26 bits per heavy atom. The maximum atomic E-state index is 12.6. The molecule has 100 valence electrons. The van der Waals surface area contributed by atoms with Crippen molar-refractivity contribution in [1.82, 2.24) is 14.8 Å². The molecule has 0 spiro atoms. The van der Waals surface area contributed by atoms with E-state index < -0.39 is 17.8 Å². The number of primary amides is 1. The van der Waals surface area contributed by atoms with E-state index >= 15 is 0 Å². The molecule has 9 heteroatoms. The van der Waals surface area contributed by atoms with Crippen molar-refractivity contribution in [2.45, 2.75) is 6.18 Å². The van der Waals surface area contributed by atoms with Crippen LogP contribution >= 0.6 is 0 Å². The van der Waals surface area contributed by atoms with E-state index in [4.69, 9.17) is 11.5 Å². The molecule has 0 aromatic carbocycles. The normalized spacial score (nSPS) is 11.5. The number of hydrogen-bond donors (Lipinski definition) is 2. The Bertz CT molecular complexity index is 634. The van der Waals surface area contributed by atoms with Crippen molar-refractivity contribution in [3.8, 4) is 5.82 Å². The number of nitrogen functional groups attached to an aromatic ring is 1. The highest BCUT2D eigenvalue weighted by Crippen LogP contribution is 2.29. The first-order chi connectivity index (χ1) is 8.79. The Morgan fingerprint density at radius 2 is 1.95 bits per heavy atom. The van der Waals surface area contributed by atoms with E-state index in [1.165, 1.54) is 12.3 Å². The van der Waals surface area contributed by atoms with E-state index in [1.807, 2.05) is 0 Å². The summed E-state index contributed by atoms with van der Waals surface area (Å²) in [5.41, 5.74) is 9.12. The van der Waals surface area contributed by atoms with Gasteiger partial charge >= 0.3 is 6.18 Å². The van der Waals surface area contributed by atoms with E-state index in [2.05, 4.69) is 10.1 Å². The summed E-state index contributed by atoms with van der Waals surface area (Å²) in [5.74, 6) is -1.15. The number of carbonyl (C=O) groups is 1. The smallest absolute Gasteiger partial charge is 0.382 e. The molecule has 2 aromatic heterocycles. The molecule has 6 nitrogen and oxygen atoms in total. The number of aromatic nitrogens is 3. The number of alkyl halides is 3. The molecule has 0 fully saturated rings. The van der Waals surface area contributed by atoms with Crippen molar-refractivity contribution in [2.24, 2.45) is 5.73 Å². The minimum Gasteiger partial charge on any atom is -0.382 e. The number of anilines is 1. The van der Waals surface area contributed by atoms with Crippen LogP contribution in [0.3, 0.4) is 0 Å². The van der Waals surface area contributed by atoms with Crippen LogP contribution < -0.4 is 11.5 Å². The lowest BCUT2D eigenvalue weighted by Gasteiger charge is -2.10. The summed E-state index contributed by atoms with van der Waals surface area (Å²) < 4.78 is 38.7. The molecule has 0 aliphatic carbocycles. The number of pyridine rings is 1. The molecule has 0 aliphatic rings.